The number of oxime groups is 1. The van der Waals surface area contributed by atoms with Gasteiger partial charge < -0.3 is 9.57 Å². The second-order valence-corrected chi connectivity index (χ2v) is 13.5. The number of ether oxygens (including phenoxy) is 1. The number of carbonyl (C=O) groups excluding carboxylic acids is 2. The van der Waals surface area contributed by atoms with Gasteiger partial charge in [0, 0.05) is 11.8 Å². The number of hydrogen-bond donors (Lipinski definition) is 0. The van der Waals surface area contributed by atoms with Gasteiger partial charge in [-0.3, -0.25) is 19.5 Å². The Balaban J connectivity index is 0.992. The fourth-order valence-corrected chi connectivity index (χ4v) is 7.60. The molecule has 2 heterocycles. The Kier molecular flexibility index (Phi) is 10.5. The normalized spacial score (nSPS) is 14.8. The van der Waals surface area contributed by atoms with E-state index in [1.165, 1.54) is 4.90 Å². The van der Waals surface area contributed by atoms with E-state index >= 15 is 0 Å². The molecule has 1 fully saturated rings. The molecule has 6 aromatic rings. The first kappa shape index (κ1) is 34.5. The van der Waals surface area contributed by atoms with E-state index in [1.807, 2.05) is 159 Å². The van der Waals surface area contributed by atoms with E-state index in [2.05, 4.69) is 22.3 Å². The number of amides is 2. The number of hydrogen-bond acceptors (Lipinski definition) is 7. The summed E-state index contributed by atoms with van der Waals surface area (Å²) in [5, 5.41) is 3.35. The molecule has 1 saturated heterocycles. The minimum absolute atomic E-state index is 0.220. The van der Waals surface area contributed by atoms with Crippen molar-refractivity contribution in [1.29, 1.82) is 0 Å². The fourth-order valence-electron chi connectivity index (χ4n) is 6.55. The Morgan fingerprint density at radius 2 is 1.25 bits per heavy atom. The van der Waals surface area contributed by atoms with Crippen molar-refractivity contribution >= 4 is 28.6 Å². The summed E-state index contributed by atoms with van der Waals surface area (Å²) in [6, 6.07) is 51.0. The van der Waals surface area contributed by atoms with Gasteiger partial charge in [0.25, 0.3) is 5.24 Å². The third kappa shape index (κ3) is 7.24. The fraction of sp³-hybridized carbons (Fsp3) is 0.136. The third-order valence-corrected chi connectivity index (χ3v) is 10.1. The zero-order valence-corrected chi connectivity index (χ0v) is 29.5. The number of rotatable bonds is 13. The van der Waals surface area contributed by atoms with E-state index in [0.717, 1.165) is 50.8 Å². The highest BCUT2D eigenvalue weighted by molar-refractivity contribution is 8.15. The van der Waals surface area contributed by atoms with Crippen molar-refractivity contribution in [3.05, 3.63) is 192 Å². The molecule has 0 radical (unpaired) electrons. The molecule has 0 N–H and O–H groups in total. The second kappa shape index (κ2) is 15.9. The van der Waals surface area contributed by atoms with Gasteiger partial charge in [-0.05, 0) is 59.4 Å². The van der Waals surface area contributed by atoms with Gasteiger partial charge >= 0.3 is 0 Å². The summed E-state index contributed by atoms with van der Waals surface area (Å²) >= 11 is 1.08. The molecule has 1 unspecified atom stereocenters. The van der Waals surface area contributed by atoms with E-state index in [1.54, 1.807) is 0 Å². The van der Waals surface area contributed by atoms with Crippen LogP contribution in [0.15, 0.2) is 169 Å². The van der Waals surface area contributed by atoms with Crippen molar-refractivity contribution in [1.82, 2.24) is 9.88 Å². The van der Waals surface area contributed by atoms with Crippen LogP contribution in [0.1, 0.15) is 34.9 Å². The zero-order valence-electron chi connectivity index (χ0n) is 28.7. The Morgan fingerprint density at radius 3 is 1.79 bits per heavy atom. The lowest BCUT2D eigenvalue weighted by Crippen LogP contribution is -2.51. The van der Waals surface area contributed by atoms with Crippen molar-refractivity contribution in [3.8, 4) is 16.9 Å². The van der Waals surface area contributed by atoms with Crippen LogP contribution in [0.25, 0.3) is 11.1 Å². The van der Waals surface area contributed by atoms with Gasteiger partial charge in [-0.15, -0.1) is 0 Å². The summed E-state index contributed by atoms with van der Waals surface area (Å²) in [6.45, 7) is 2.42. The Morgan fingerprint density at radius 1 is 0.692 bits per heavy atom. The predicted octanol–water partition coefficient (Wildman–Crippen LogP) is 9.17. The summed E-state index contributed by atoms with van der Waals surface area (Å²) in [4.78, 5) is 39.9. The van der Waals surface area contributed by atoms with E-state index in [9.17, 15) is 9.59 Å². The minimum Gasteiger partial charge on any atom is -0.490 e. The molecule has 52 heavy (non-hydrogen) atoms. The standard InChI is InChI=1S/C44H37N3O4S/c1-32(40-27-24-35(31-45-40)34-14-6-2-7-15-34)46-51-29-28-50-39-25-22-33(23-26-39)30-41-42(48)47(43(49)52-41)44(36-16-8-3-9-17-36,37-18-10-4-11-19-37)38-20-12-5-13-21-38/h2-27,31,41H,28-30H2,1H3/b46-32-. The number of benzene rings is 5. The van der Waals surface area contributed by atoms with E-state index < -0.39 is 10.8 Å². The number of pyridine rings is 1. The maximum absolute atomic E-state index is 14.4. The van der Waals surface area contributed by atoms with Crippen LogP contribution in [0.4, 0.5) is 4.79 Å². The highest BCUT2D eigenvalue weighted by Crippen LogP contribution is 2.47. The van der Waals surface area contributed by atoms with Gasteiger partial charge in [-0.25, -0.2) is 0 Å². The molecule has 1 aliphatic rings. The van der Waals surface area contributed by atoms with Crippen molar-refractivity contribution < 1.29 is 19.2 Å². The van der Waals surface area contributed by atoms with Crippen molar-refractivity contribution in [2.24, 2.45) is 5.16 Å². The summed E-state index contributed by atoms with van der Waals surface area (Å²) in [6.07, 6.45) is 2.23. The summed E-state index contributed by atoms with van der Waals surface area (Å²) in [7, 11) is 0. The molecule has 258 valence electrons. The lowest BCUT2D eigenvalue weighted by molar-refractivity contribution is -0.129. The van der Waals surface area contributed by atoms with Gasteiger partial charge in [0.1, 0.15) is 23.6 Å². The molecule has 0 aliphatic carbocycles. The molecule has 0 bridgehead atoms. The van der Waals surface area contributed by atoms with E-state index in [4.69, 9.17) is 9.57 Å². The van der Waals surface area contributed by atoms with Gasteiger partial charge in [0.2, 0.25) is 5.91 Å². The van der Waals surface area contributed by atoms with Crippen LogP contribution >= 0.6 is 11.8 Å². The second-order valence-electron chi connectivity index (χ2n) is 12.4. The molecule has 2 amide bonds. The lowest BCUT2D eigenvalue weighted by atomic mass is 9.75. The number of aromatic nitrogens is 1. The van der Waals surface area contributed by atoms with Crippen molar-refractivity contribution in [2.45, 2.75) is 24.1 Å². The largest absolute Gasteiger partial charge is 0.490 e. The molecule has 1 atom stereocenters. The average molecular weight is 704 g/mol. The lowest BCUT2D eigenvalue weighted by Gasteiger charge is -2.42. The molecule has 1 aliphatic heterocycles. The van der Waals surface area contributed by atoms with Crippen LogP contribution in [0, 0.1) is 0 Å². The molecule has 8 heteroatoms. The molecule has 5 aromatic carbocycles. The smallest absolute Gasteiger partial charge is 0.290 e. The quantitative estimate of drug-likeness (QED) is 0.0517. The molecule has 0 spiro atoms. The molecule has 7 nitrogen and oxygen atoms in total. The van der Waals surface area contributed by atoms with Crippen LogP contribution < -0.4 is 4.74 Å². The summed E-state index contributed by atoms with van der Waals surface area (Å²) in [5.74, 6) is 0.452. The first-order valence-corrected chi connectivity index (χ1v) is 18.0. The third-order valence-electron chi connectivity index (χ3n) is 9.06. The van der Waals surface area contributed by atoms with Crippen LogP contribution in [0.5, 0.6) is 5.75 Å². The molecular formula is C44H37N3O4S. The van der Waals surface area contributed by atoms with Crippen LogP contribution in [-0.4, -0.2) is 45.2 Å². The number of thioether (sulfide) groups is 1. The maximum atomic E-state index is 14.4. The van der Waals surface area contributed by atoms with Crippen molar-refractivity contribution in [2.75, 3.05) is 13.2 Å². The van der Waals surface area contributed by atoms with Gasteiger partial charge in [0.15, 0.2) is 6.61 Å². The van der Waals surface area contributed by atoms with Crippen LogP contribution in [-0.2, 0) is 21.6 Å². The maximum Gasteiger partial charge on any atom is 0.290 e. The van der Waals surface area contributed by atoms with Crippen molar-refractivity contribution in [3.63, 3.8) is 0 Å². The average Bonchev–Trinajstić information content (AvgIpc) is 3.48. The summed E-state index contributed by atoms with van der Waals surface area (Å²) < 4.78 is 5.89. The van der Waals surface area contributed by atoms with Crippen LogP contribution in [0.3, 0.4) is 0 Å². The van der Waals surface area contributed by atoms with Gasteiger partial charge in [-0.2, -0.15) is 0 Å². The SMILES string of the molecule is C/C(=N/OCCOc1ccc(CC2SC(=O)N(C(c3ccccc3)(c3ccccc3)c3ccccc3)C2=O)cc1)c1ccc(-c2ccccc2)cn1. The molecule has 7 rings (SSSR count). The molecule has 0 saturated carbocycles. The Hall–Kier alpha value is -5.99. The zero-order chi connectivity index (χ0) is 35.8. The highest BCUT2D eigenvalue weighted by atomic mass is 32.2. The highest BCUT2D eigenvalue weighted by Gasteiger charge is 2.53. The molecule has 1 aromatic heterocycles. The first-order valence-electron chi connectivity index (χ1n) is 17.2. The number of imide groups is 1. The van der Waals surface area contributed by atoms with Gasteiger partial charge in [-0.1, -0.05) is 156 Å². The Bertz CT molecular complexity index is 2030. The number of carbonyl (C=O) groups is 2. The van der Waals surface area contributed by atoms with E-state index in [0.29, 0.717) is 24.5 Å². The first-order chi connectivity index (χ1) is 25.5. The number of nitrogens with zero attached hydrogens (tertiary/aromatic N) is 3. The predicted molar refractivity (Wildman–Crippen MR) is 206 cm³/mol. The van der Waals surface area contributed by atoms with E-state index in [-0.39, 0.29) is 17.8 Å². The summed E-state index contributed by atoms with van der Waals surface area (Å²) in [5.41, 5.74) is 5.89. The van der Waals surface area contributed by atoms with Gasteiger partial charge in [0.05, 0.1) is 10.9 Å². The minimum atomic E-state index is -1.13. The molecular weight excluding hydrogens is 667 g/mol. The van der Waals surface area contributed by atoms with Crippen LogP contribution in [0.2, 0.25) is 0 Å². The topological polar surface area (TPSA) is 81.1 Å². The Labute approximate surface area is 307 Å². The monoisotopic (exact) mass is 703 g/mol.